The van der Waals surface area contributed by atoms with Crippen LogP contribution >= 0.6 is 0 Å². The van der Waals surface area contributed by atoms with E-state index in [9.17, 15) is 14.3 Å². The summed E-state index contributed by atoms with van der Waals surface area (Å²) < 4.78 is 13.5. The van der Waals surface area contributed by atoms with E-state index < -0.39 is 6.04 Å². The van der Waals surface area contributed by atoms with Crippen LogP contribution in [0.2, 0.25) is 0 Å². The number of nitrogens with zero attached hydrogens (tertiary/aromatic N) is 1. The van der Waals surface area contributed by atoms with Gasteiger partial charge in [-0.05, 0) is 30.9 Å². The van der Waals surface area contributed by atoms with Crippen LogP contribution in [0.15, 0.2) is 24.3 Å². The quantitative estimate of drug-likeness (QED) is 0.845. The summed E-state index contributed by atoms with van der Waals surface area (Å²) in [7, 11) is 0. The van der Waals surface area contributed by atoms with Gasteiger partial charge < -0.3 is 15.7 Å². The van der Waals surface area contributed by atoms with Gasteiger partial charge in [-0.2, -0.15) is 0 Å². The zero-order valence-electron chi connectivity index (χ0n) is 10.8. The smallest absolute Gasteiger partial charge is 0.239 e. The largest absolute Gasteiger partial charge is 0.393 e. The molecule has 0 aromatic heterocycles. The molecule has 1 aromatic rings. The highest BCUT2D eigenvalue weighted by Gasteiger charge is 2.25. The van der Waals surface area contributed by atoms with Crippen LogP contribution in [-0.4, -0.2) is 41.1 Å². The molecule has 1 unspecified atom stereocenters. The summed E-state index contributed by atoms with van der Waals surface area (Å²) in [5, 5.41) is 9.40. The minimum Gasteiger partial charge on any atom is -0.393 e. The summed E-state index contributed by atoms with van der Waals surface area (Å²) in [6, 6.07) is 5.62. The van der Waals surface area contributed by atoms with Gasteiger partial charge in [0.05, 0.1) is 12.1 Å². The predicted molar refractivity (Wildman–Crippen MR) is 69.9 cm³/mol. The van der Waals surface area contributed by atoms with Crippen LogP contribution < -0.4 is 5.73 Å². The van der Waals surface area contributed by atoms with Crippen molar-refractivity contribution in [1.29, 1.82) is 0 Å². The van der Waals surface area contributed by atoms with Gasteiger partial charge >= 0.3 is 0 Å². The Labute approximate surface area is 112 Å². The molecule has 0 spiro atoms. The van der Waals surface area contributed by atoms with Gasteiger partial charge in [-0.3, -0.25) is 4.79 Å². The lowest BCUT2D eigenvalue weighted by atomic mass is 10.0. The average molecular weight is 266 g/mol. The van der Waals surface area contributed by atoms with E-state index in [1.54, 1.807) is 23.1 Å². The molecule has 2 rings (SSSR count). The summed E-state index contributed by atoms with van der Waals surface area (Å²) in [5.41, 5.74) is 6.32. The number of piperidine rings is 1. The van der Waals surface area contributed by atoms with E-state index in [4.69, 9.17) is 5.73 Å². The Kier molecular flexibility index (Phi) is 4.50. The highest BCUT2D eigenvalue weighted by molar-refractivity contribution is 5.82. The van der Waals surface area contributed by atoms with E-state index in [2.05, 4.69) is 0 Å². The second-order valence-electron chi connectivity index (χ2n) is 4.96. The fourth-order valence-corrected chi connectivity index (χ4v) is 2.31. The summed E-state index contributed by atoms with van der Waals surface area (Å²) in [6.07, 6.45) is 1.03. The number of amides is 1. The number of aliphatic hydroxyl groups is 1. The van der Waals surface area contributed by atoms with E-state index in [-0.39, 0.29) is 24.2 Å². The number of carbonyl (C=O) groups excluding carboxylic acids is 1. The van der Waals surface area contributed by atoms with Gasteiger partial charge in [0.15, 0.2) is 0 Å². The van der Waals surface area contributed by atoms with Crippen LogP contribution in [0.5, 0.6) is 0 Å². The molecule has 1 heterocycles. The van der Waals surface area contributed by atoms with Gasteiger partial charge in [-0.15, -0.1) is 0 Å². The molecule has 3 N–H and O–H groups in total. The molecule has 1 atom stereocenters. The van der Waals surface area contributed by atoms with E-state index in [1.807, 2.05) is 0 Å². The van der Waals surface area contributed by atoms with Gasteiger partial charge in [0, 0.05) is 13.1 Å². The molecular weight excluding hydrogens is 247 g/mol. The average Bonchev–Trinajstić information content (AvgIpc) is 2.41. The van der Waals surface area contributed by atoms with Crippen molar-refractivity contribution < 1.29 is 14.3 Å². The van der Waals surface area contributed by atoms with Gasteiger partial charge in [0.25, 0.3) is 0 Å². The zero-order chi connectivity index (χ0) is 13.8. The molecule has 104 valence electrons. The van der Waals surface area contributed by atoms with Crippen molar-refractivity contribution in [3.8, 4) is 0 Å². The second kappa shape index (κ2) is 6.12. The van der Waals surface area contributed by atoms with Crippen molar-refractivity contribution in [2.45, 2.75) is 31.4 Å². The number of hydrogen-bond acceptors (Lipinski definition) is 3. The number of nitrogens with two attached hydrogens (primary N) is 1. The third-order valence-corrected chi connectivity index (χ3v) is 3.49. The van der Waals surface area contributed by atoms with Crippen LogP contribution in [0.4, 0.5) is 4.39 Å². The number of benzene rings is 1. The summed E-state index contributed by atoms with van der Waals surface area (Å²) >= 11 is 0. The normalized spacial score (nSPS) is 18.4. The Morgan fingerprint density at radius 3 is 2.68 bits per heavy atom. The lowest BCUT2D eigenvalue weighted by Crippen LogP contribution is -2.48. The van der Waals surface area contributed by atoms with E-state index >= 15 is 0 Å². The standard InChI is InChI=1S/C14H19FN2O2/c15-12-4-2-1-3-10(12)9-13(16)14(19)17-7-5-11(18)6-8-17/h1-4,11,13,18H,5-9,16H2. The molecule has 5 heteroatoms. The lowest BCUT2D eigenvalue weighted by Gasteiger charge is -2.31. The van der Waals surface area contributed by atoms with E-state index in [1.165, 1.54) is 6.07 Å². The van der Waals surface area contributed by atoms with Crippen molar-refractivity contribution in [3.05, 3.63) is 35.6 Å². The van der Waals surface area contributed by atoms with Gasteiger partial charge in [0.2, 0.25) is 5.91 Å². The number of halogens is 1. The Morgan fingerprint density at radius 1 is 1.42 bits per heavy atom. The third kappa shape index (κ3) is 3.52. The van der Waals surface area contributed by atoms with Crippen molar-refractivity contribution >= 4 is 5.91 Å². The molecule has 1 fully saturated rings. The maximum Gasteiger partial charge on any atom is 0.239 e. The maximum absolute atomic E-state index is 13.5. The molecule has 1 saturated heterocycles. The molecule has 0 saturated carbocycles. The van der Waals surface area contributed by atoms with E-state index in [0.29, 0.717) is 31.5 Å². The van der Waals surface area contributed by atoms with Crippen LogP contribution in [0, 0.1) is 5.82 Å². The molecule has 0 bridgehead atoms. The first-order valence-corrected chi connectivity index (χ1v) is 6.54. The number of hydrogen-bond donors (Lipinski definition) is 2. The number of carbonyl (C=O) groups is 1. The van der Waals surface area contributed by atoms with Crippen LogP contribution in [-0.2, 0) is 11.2 Å². The maximum atomic E-state index is 13.5. The van der Waals surface area contributed by atoms with Crippen LogP contribution in [0.3, 0.4) is 0 Å². The van der Waals surface area contributed by atoms with E-state index in [0.717, 1.165) is 0 Å². The Hall–Kier alpha value is -1.46. The third-order valence-electron chi connectivity index (χ3n) is 3.49. The molecule has 1 aliphatic rings. The lowest BCUT2D eigenvalue weighted by molar-refractivity contribution is -0.134. The van der Waals surface area contributed by atoms with Crippen LogP contribution in [0.25, 0.3) is 0 Å². The summed E-state index contributed by atoms with van der Waals surface area (Å²) in [4.78, 5) is 13.8. The topological polar surface area (TPSA) is 66.6 Å². The van der Waals surface area contributed by atoms with Crippen molar-refractivity contribution in [2.75, 3.05) is 13.1 Å². The molecule has 0 radical (unpaired) electrons. The molecule has 1 aliphatic heterocycles. The van der Waals surface area contributed by atoms with Gasteiger partial charge in [-0.25, -0.2) is 4.39 Å². The molecular formula is C14H19FN2O2. The number of aliphatic hydroxyl groups excluding tert-OH is 1. The first-order chi connectivity index (χ1) is 9.08. The molecule has 1 amide bonds. The van der Waals surface area contributed by atoms with Crippen LogP contribution in [0.1, 0.15) is 18.4 Å². The van der Waals surface area contributed by atoms with Gasteiger partial charge in [-0.1, -0.05) is 18.2 Å². The van der Waals surface area contributed by atoms with Crippen molar-refractivity contribution in [1.82, 2.24) is 4.90 Å². The summed E-state index contributed by atoms with van der Waals surface area (Å²) in [6.45, 7) is 1.04. The fraction of sp³-hybridized carbons (Fsp3) is 0.500. The predicted octanol–water partition coefficient (Wildman–Crippen LogP) is 0.679. The molecule has 1 aromatic carbocycles. The minimum atomic E-state index is -0.729. The van der Waals surface area contributed by atoms with Gasteiger partial charge in [0.1, 0.15) is 5.82 Å². The highest BCUT2D eigenvalue weighted by atomic mass is 19.1. The molecule has 0 aliphatic carbocycles. The second-order valence-corrected chi connectivity index (χ2v) is 4.96. The molecule has 4 nitrogen and oxygen atoms in total. The Bertz CT molecular complexity index is 445. The SMILES string of the molecule is NC(Cc1ccccc1F)C(=O)N1CCC(O)CC1. The first kappa shape index (κ1) is 14.0. The zero-order valence-corrected chi connectivity index (χ0v) is 10.8. The summed E-state index contributed by atoms with van der Waals surface area (Å²) in [5.74, 6) is -0.505. The first-order valence-electron chi connectivity index (χ1n) is 6.54. The fourth-order valence-electron chi connectivity index (χ4n) is 2.31. The molecule has 19 heavy (non-hydrogen) atoms. The number of likely N-dealkylation sites (tertiary alicyclic amines) is 1. The Morgan fingerprint density at radius 2 is 2.05 bits per heavy atom. The highest BCUT2D eigenvalue weighted by Crippen LogP contribution is 2.13. The van der Waals surface area contributed by atoms with Crippen molar-refractivity contribution in [3.63, 3.8) is 0 Å². The monoisotopic (exact) mass is 266 g/mol. The Balaban J connectivity index is 1.94. The van der Waals surface area contributed by atoms with Crippen molar-refractivity contribution in [2.24, 2.45) is 5.73 Å². The minimum absolute atomic E-state index is 0.171. The number of rotatable bonds is 3.